The van der Waals surface area contributed by atoms with Crippen LogP contribution in [0.5, 0.6) is 0 Å². The third kappa shape index (κ3) is 7.33. The van der Waals surface area contributed by atoms with Crippen LogP contribution in [0, 0.1) is 18.3 Å². The van der Waals surface area contributed by atoms with Gasteiger partial charge in [-0.25, -0.2) is 0 Å². The number of ether oxygens (including phenoxy) is 2. The normalized spacial score (nSPS) is 9.75. The zero-order valence-electron chi connectivity index (χ0n) is 7.51. The van der Waals surface area contributed by atoms with Gasteiger partial charge in [0.05, 0.1) is 19.8 Å². The molecule has 0 saturated carbocycles. The van der Waals surface area contributed by atoms with Crippen molar-refractivity contribution < 1.29 is 9.47 Å². The van der Waals surface area contributed by atoms with Crippen LogP contribution in [0.15, 0.2) is 12.7 Å². The minimum Gasteiger partial charge on any atom is -0.377 e. The molecular formula is C10H15O2. The van der Waals surface area contributed by atoms with E-state index < -0.39 is 0 Å². The first-order valence-corrected chi connectivity index (χ1v) is 3.82. The highest BCUT2D eigenvalue weighted by Crippen LogP contribution is 1.99. The molecule has 0 aliphatic heterocycles. The van der Waals surface area contributed by atoms with Gasteiger partial charge in [-0.2, -0.15) is 0 Å². The quantitative estimate of drug-likeness (QED) is 0.324. The molecule has 0 unspecified atom stereocenters. The molecule has 0 heterocycles. The van der Waals surface area contributed by atoms with Gasteiger partial charge in [0.25, 0.3) is 0 Å². The molecule has 0 fully saturated rings. The van der Waals surface area contributed by atoms with Gasteiger partial charge in [0.2, 0.25) is 0 Å². The average molecular weight is 167 g/mol. The Morgan fingerprint density at radius 1 is 1.50 bits per heavy atom. The van der Waals surface area contributed by atoms with Crippen molar-refractivity contribution in [2.45, 2.75) is 6.92 Å². The SMILES string of the molecule is C#CCOC[C](C)COCC=C. The van der Waals surface area contributed by atoms with E-state index in [1.807, 2.05) is 6.92 Å². The van der Waals surface area contributed by atoms with Crippen molar-refractivity contribution >= 4 is 0 Å². The summed E-state index contributed by atoms with van der Waals surface area (Å²) < 4.78 is 10.3. The Hall–Kier alpha value is -0.780. The lowest BCUT2D eigenvalue weighted by Gasteiger charge is -2.09. The van der Waals surface area contributed by atoms with Gasteiger partial charge in [0.15, 0.2) is 0 Å². The van der Waals surface area contributed by atoms with Crippen molar-refractivity contribution in [2.75, 3.05) is 26.4 Å². The van der Waals surface area contributed by atoms with Crippen LogP contribution < -0.4 is 0 Å². The summed E-state index contributed by atoms with van der Waals surface area (Å²) in [7, 11) is 0. The van der Waals surface area contributed by atoms with Crippen LogP contribution in [0.4, 0.5) is 0 Å². The highest BCUT2D eigenvalue weighted by molar-refractivity contribution is 4.87. The fraction of sp³-hybridized carbons (Fsp3) is 0.500. The molecule has 12 heavy (non-hydrogen) atoms. The molecule has 1 radical (unpaired) electrons. The molecule has 0 amide bonds. The smallest absolute Gasteiger partial charge is 0.107 e. The highest BCUT2D eigenvalue weighted by atomic mass is 16.5. The lowest BCUT2D eigenvalue weighted by atomic mass is 10.2. The molecule has 0 aliphatic carbocycles. The molecule has 0 aliphatic rings. The van der Waals surface area contributed by atoms with E-state index in [9.17, 15) is 0 Å². The lowest BCUT2D eigenvalue weighted by molar-refractivity contribution is 0.127. The largest absolute Gasteiger partial charge is 0.377 e. The van der Waals surface area contributed by atoms with Crippen molar-refractivity contribution in [3.63, 3.8) is 0 Å². The third-order valence-corrected chi connectivity index (χ3v) is 1.12. The number of hydrogen-bond acceptors (Lipinski definition) is 2. The second kappa shape index (κ2) is 8.32. The van der Waals surface area contributed by atoms with Gasteiger partial charge in [-0.1, -0.05) is 18.9 Å². The van der Waals surface area contributed by atoms with Gasteiger partial charge in [-0.05, 0) is 0 Å². The standard InChI is InChI=1S/C10H15O2/c1-4-6-11-8-10(3)9-12-7-5-2/h1,5H,2,6-9H2,3H3. The third-order valence-electron chi connectivity index (χ3n) is 1.12. The molecule has 0 saturated heterocycles. The van der Waals surface area contributed by atoms with E-state index >= 15 is 0 Å². The van der Waals surface area contributed by atoms with Gasteiger partial charge in [-0.15, -0.1) is 13.0 Å². The van der Waals surface area contributed by atoms with E-state index in [0.717, 1.165) is 5.92 Å². The maximum absolute atomic E-state index is 5.19. The van der Waals surface area contributed by atoms with Crippen molar-refractivity contribution in [2.24, 2.45) is 0 Å². The minimum atomic E-state index is 0.360. The summed E-state index contributed by atoms with van der Waals surface area (Å²) in [5.41, 5.74) is 0. The fourth-order valence-corrected chi connectivity index (χ4v) is 0.642. The van der Waals surface area contributed by atoms with Crippen molar-refractivity contribution in [3.8, 4) is 12.3 Å². The zero-order chi connectivity index (χ0) is 9.23. The molecule has 0 aromatic heterocycles. The maximum atomic E-state index is 5.19. The molecule has 0 spiro atoms. The summed E-state index contributed by atoms with van der Waals surface area (Å²) in [5.74, 6) is 3.53. The first-order chi connectivity index (χ1) is 5.81. The Balaban J connectivity index is 3.16. The minimum absolute atomic E-state index is 0.360. The molecule has 0 aromatic carbocycles. The van der Waals surface area contributed by atoms with Crippen LogP contribution in [-0.2, 0) is 9.47 Å². The summed E-state index contributed by atoms with van der Waals surface area (Å²) in [6.07, 6.45) is 6.73. The molecule has 0 atom stereocenters. The average Bonchev–Trinajstić information content (AvgIpc) is 2.06. The molecule has 0 bridgehead atoms. The topological polar surface area (TPSA) is 18.5 Å². The second-order valence-electron chi connectivity index (χ2n) is 2.46. The molecule has 0 rings (SSSR count). The van der Waals surface area contributed by atoms with E-state index in [-0.39, 0.29) is 0 Å². The number of rotatable bonds is 7. The van der Waals surface area contributed by atoms with Crippen LogP contribution >= 0.6 is 0 Å². The summed E-state index contributed by atoms with van der Waals surface area (Å²) in [4.78, 5) is 0. The van der Waals surface area contributed by atoms with Crippen LogP contribution in [0.3, 0.4) is 0 Å². The van der Waals surface area contributed by atoms with Gasteiger partial charge in [-0.3, -0.25) is 0 Å². The van der Waals surface area contributed by atoms with E-state index in [4.69, 9.17) is 15.9 Å². The predicted molar refractivity (Wildman–Crippen MR) is 49.6 cm³/mol. The lowest BCUT2D eigenvalue weighted by Crippen LogP contribution is -2.11. The Labute approximate surface area is 74.6 Å². The first-order valence-electron chi connectivity index (χ1n) is 3.82. The van der Waals surface area contributed by atoms with Crippen LogP contribution in [-0.4, -0.2) is 26.4 Å². The molecule has 2 nitrogen and oxygen atoms in total. The molecule has 2 heteroatoms. The summed E-state index contributed by atoms with van der Waals surface area (Å²) >= 11 is 0. The fourth-order valence-electron chi connectivity index (χ4n) is 0.642. The Kier molecular flexibility index (Phi) is 7.78. The first kappa shape index (κ1) is 11.2. The zero-order valence-corrected chi connectivity index (χ0v) is 7.51. The van der Waals surface area contributed by atoms with Crippen LogP contribution in [0.25, 0.3) is 0 Å². The summed E-state index contributed by atoms with van der Waals surface area (Å²) in [6, 6.07) is 0. The maximum Gasteiger partial charge on any atom is 0.107 e. The highest BCUT2D eigenvalue weighted by Gasteiger charge is 2.01. The van der Waals surface area contributed by atoms with Gasteiger partial charge in [0.1, 0.15) is 6.61 Å². The molecule has 0 aromatic rings. The van der Waals surface area contributed by atoms with Crippen molar-refractivity contribution in [3.05, 3.63) is 18.6 Å². The Morgan fingerprint density at radius 3 is 2.75 bits per heavy atom. The summed E-state index contributed by atoms with van der Waals surface area (Å²) in [6.45, 7) is 7.63. The van der Waals surface area contributed by atoms with E-state index in [2.05, 4.69) is 12.5 Å². The second-order valence-corrected chi connectivity index (χ2v) is 2.46. The molecule has 67 valence electrons. The van der Waals surface area contributed by atoms with Crippen LogP contribution in [0.1, 0.15) is 6.92 Å². The van der Waals surface area contributed by atoms with Crippen LogP contribution in [0.2, 0.25) is 0 Å². The predicted octanol–water partition coefficient (Wildman–Crippen LogP) is 1.43. The van der Waals surface area contributed by atoms with E-state index in [1.165, 1.54) is 0 Å². The Morgan fingerprint density at radius 2 is 2.17 bits per heavy atom. The van der Waals surface area contributed by atoms with Gasteiger partial charge < -0.3 is 9.47 Å². The van der Waals surface area contributed by atoms with Crippen molar-refractivity contribution in [1.29, 1.82) is 0 Å². The van der Waals surface area contributed by atoms with Gasteiger partial charge in [0, 0.05) is 5.92 Å². The molecule has 0 N–H and O–H groups in total. The van der Waals surface area contributed by atoms with E-state index in [0.29, 0.717) is 26.4 Å². The van der Waals surface area contributed by atoms with Gasteiger partial charge >= 0.3 is 0 Å². The Bertz CT molecular complexity index is 146. The number of hydrogen-bond donors (Lipinski definition) is 0. The van der Waals surface area contributed by atoms with E-state index in [1.54, 1.807) is 6.08 Å². The number of terminal acetylenes is 1. The molecular weight excluding hydrogens is 152 g/mol. The van der Waals surface area contributed by atoms with Crippen molar-refractivity contribution in [1.82, 2.24) is 0 Å². The summed E-state index contributed by atoms with van der Waals surface area (Å²) in [5, 5.41) is 0. The monoisotopic (exact) mass is 167 g/mol.